The van der Waals surface area contributed by atoms with Crippen molar-refractivity contribution in [3.05, 3.63) is 59.7 Å². The van der Waals surface area contributed by atoms with Crippen molar-refractivity contribution in [1.29, 1.82) is 0 Å². The maximum Gasteiger partial charge on any atom is 0.244 e. The lowest BCUT2D eigenvalue weighted by molar-refractivity contribution is -0.124. The molecule has 1 aliphatic rings. The Morgan fingerprint density at radius 1 is 1.12 bits per heavy atom. The first-order valence-electron chi connectivity index (χ1n) is 7.91. The van der Waals surface area contributed by atoms with E-state index in [2.05, 4.69) is 5.32 Å². The van der Waals surface area contributed by atoms with Crippen LogP contribution in [-0.2, 0) is 27.8 Å². The van der Waals surface area contributed by atoms with Crippen LogP contribution in [0.5, 0.6) is 5.75 Å². The molecule has 7 heteroatoms. The van der Waals surface area contributed by atoms with Gasteiger partial charge in [0.15, 0.2) is 0 Å². The molecule has 2 aromatic carbocycles. The van der Waals surface area contributed by atoms with Crippen LogP contribution in [-0.4, -0.2) is 38.8 Å². The molecular formula is C18H20N2O4S. The van der Waals surface area contributed by atoms with Gasteiger partial charge in [-0.1, -0.05) is 24.3 Å². The van der Waals surface area contributed by atoms with E-state index in [1.54, 1.807) is 12.1 Å². The lowest BCUT2D eigenvalue weighted by Gasteiger charge is -2.34. The third-order valence-corrected chi connectivity index (χ3v) is 6.29. The van der Waals surface area contributed by atoms with E-state index in [0.717, 1.165) is 11.1 Å². The number of amides is 1. The van der Waals surface area contributed by atoms with Gasteiger partial charge in [0, 0.05) is 13.6 Å². The number of ether oxygens (including phenoxy) is 1. The first kappa shape index (κ1) is 17.4. The van der Waals surface area contributed by atoms with Gasteiger partial charge in [0.1, 0.15) is 11.8 Å². The Bertz CT molecular complexity index is 878. The number of methoxy groups -OCH3 is 1. The molecular weight excluding hydrogens is 340 g/mol. The summed E-state index contributed by atoms with van der Waals surface area (Å²) in [4.78, 5) is 12.5. The van der Waals surface area contributed by atoms with Gasteiger partial charge in [-0.15, -0.1) is 0 Å². The Morgan fingerprint density at radius 2 is 1.76 bits per heavy atom. The average Bonchev–Trinajstić information content (AvgIpc) is 2.66. The summed E-state index contributed by atoms with van der Waals surface area (Å²) in [7, 11) is -0.782. The second-order valence-electron chi connectivity index (χ2n) is 5.83. The van der Waals surface area contributed by atoms with Crippen LogP contribution in [0, 0.1) is 0 Å². The van der Waals surface area contributed by atoms with Crippen molar-refractivity contribution in [3.63, 3.8) is 0 Å². The highest BCUT2D eigenvalue weighted by Gasteiger charge is 2.39. The smallest absolute Gasteiger partial charge is 0.244 e. The number of fused-ring (bicyclic) bond motifs is 1. The van der Waals surface area contributed by atoms with Gasteiger partial charge in [0.2, 0.25) is 15.9 Å². The van der Waals surface area contributed by atoms with Gasteiger partial charge in [-0.25, -0.2) is 8.42 Å². The highest BCUT2D eigenvalue weighted by atomic mass is 32.2. The molecule has 0 radical (unpaired) electrons. The van der Waals surface area contributed by atoms with Crippen LogP contribution in [0.1, 0.15) is 11.1 Å². The lowest BCUT2D eigenvalue weighted by Crippen LogP contribution is -2.51. The van der Waals surface area contributed by atoms with Crippen molar-refractivity contribution in [2.24, 2.45) is 0 Å². The molecule has 0 bridgehead atoms. The fourth-order valence-electron chi connectivity index (χ4n) is 3.02. The minimum atomic E-state index is -3.82. The van der Waals surface area contributed by atoms with E-state index in [4.69, 9.17) is 4.74 Å². The first-order chi connectivity index (χ1) is 12.0. The zero-order chi connectivity index (χ0) is 18.0. The highest BCUT2D eigenvalue weighted by Crippen LogP contribution is 2.29. The molecule has 0 saturated heterocycles. The summed E-state index contributed by atoms with van der Waals surface area (Å²) < 4.78 is 32.6. The van der Waals surface area contributed by atoms with Crippen molar-refractivity contribution < 1.29 is 17.9 Å². The molecule has 1 amide bonds. The van der Waals surface area contributed by atoms with Gasteiger partial charge in [0.05, 0.1) is 12.0 Å². The van der Waals surface area contributed by atoms with Crippen molar-refractivity contribution >= 4 is 15.9 Å². The van der Waals surface area contributed by atoms with E-state index >= 15 is 0 Å². The predicted octanol–water partition coefficient (Wildman–Crippen LogP) is 1.56. The molecule has 0 fully saturated rings. The van der Waals surface area contributed by atoms with Crippen molar-refractivity contribution in [2.45, 2.75) is 23.9 Å². The number of nitrogens with zero attached hydrogens (tertiary/aromatic N) is 1. The molecule has 0 saturated carbocycles. The minimum absolute atomic E-state index is 0.140. The number of hydrogen-bond donors (Lipinski definition) is 1. The van der Waals surface area contributed by atoms with Crippen LogP contribution in [0.25, 0.3) is 0 Å². The van der Waals surface area contributed by atoms with E-state index < -0.39 is 16.1 Å². The molecule has 0 aromatic heterocycles. The molecule has 3 rings (SSSR count). The fraction of sp³-hybridized carbons (Fsp3) is 0.278. The lowest BCUT2D eigenvalue weighted by atomic mass is 9.95. The minimum Gasteiger partial charge on any atom is -0.497 e. The number of benzene rings is 2. The summed E-state index contributed by atoms with van der Waals surface area (Å²) in [5.74, 6) is 0.261. The topological polar surface area (TPSA) is 75.7 Å². The molecule has 0 unspecified atom stereocenters. The van der Waals surface area contributed by atoms with E-state index in [9.17, 15) is 13.2 Å². The van der Waals surface area contributed by atoms with Crippen LogP contribution in [0.4, 0.5) is 0 Å². The molecule has 132 valence electrons. The number of rotatable bonds is 4. The molecule has 1 N–H and O–H groups in total. The highest BCUT2D eigenvalue weighted by molar-refractivity contribution is 7.89. The Kier molecular flexibility index (Phi) is 4.78. The molecule has 0 aliphatic carbocycles. The number of nitrogens with one attached hydrogen (secondary N) is 1. The zero-order valence-electron chi connectivity index (χ0n) is 14.1. The summed E-state index contributed by atoms with van der Waals surface area (Å²) in [5, 5.41) is 2.57. The molecule has 0 spiro atoms. The summed E-state index contributed by atoms with van der Waals surface area (Å²) in [6.07, 6.45) is 0.352. The van der Waals surface area contributed by atoms with Crippen LogP contribution in [0.15, 0.2) is 53.4 Å². The summed E-state index contributed by atoms with van der Waals surface area (Å²) in [6.45, 7) is 0.169. The Morgan fingerprint density at radius 3 is 2.36 bits per heavy atom. The van der Waals surface area contributed by atoms with Gasteiger partial charge in [-0.2, -0.15) is 4.31 Å². The first-order valence-corrected chi connectivity index (χ1v) is 9.35. The maximum absolute atomic E-state index is 13.1. The van der Waals surface area contributed by atoms with Gasteiger partial charge in [-0.05, 0) is 41.8 Å². The normalized spacial score (nSPS) is 17.6. The van der Waals surface area contributed by atoms with Crippen LogP contribution in [0.3, 0.4) is 0 Å². The van der Waals surface area contributed by atoms with Crippen LogP contribution in [0.2, 0.25) is 0 Å². The van der Waals surface area contributed by atoms with Crippen LogP contribution >= 0.6 is 0 Å². The molecule has 2 aromatic rings. The number of sulfonamides is 1. The molecule has 1 aliphatic heterocycles. The van der Waals surface area contributed by atoms with Crippen molar-refractivity contribution in [1.82, 2.24) is 9.62 Å². The molecule has 25 heavy (non-hydrogen) atoms. The Balaban J connectivity index is 2.03. The van der Waals surface area contributed by atoms with Gasteiger partial charge in [0.25, 0.3) is 0 Å². The molecule has 6 nitrogen and oxygen atoms in total. The predicted molar refractivity (Wildman–Crippen MR) is 93.7 cm³/mol. The van der Waals surface area contributed by atoms with Gasteiger partial charge >= 0.3 is 0 Å². The van der Waals surface area contributed by atoms with Crippen LogP contribution < -0.4 is 10.1 Å². The monoisotopic (exact) mass is 360 g/mol. The zero-order valence-corrected chi connectivity index (χ0v) is 14.9. The maximum atomic E-state index is 13.1. The largest absolute Gasteiger partial charge is 0.497 e. The third kappa shape index (κ3) is 3.25. The second kappa shape index (κ2) is 6.85. The van der Waals surface area contributed by atoms with E-state index in [1.165, 1.54) is 30.6 Å². The van der Waals surface area contributed by atoms with E-state index in [1.807, 2.05) is 24.3 Å². The van der Waals surface area contributed by atoms with Gasteiger partial charge in [-0.3, -0.25) is 4.79 Å². The van der Waals surface area contributed by atoms with E-state index in [0.29, 0.717) is 12.2 Å². The fourth-order valence-corrected chi connectivity index (χ4v) is 4.59. The molecule has 1 heterocycles. The van der Waals surface area contributed by atoms with Crippen molar-refractivity contribution in [2.75, 3.05) is 14.2 Å². The second-order valence-corrected chi connectivity index (χ2v) is 7.72. The molecule has 1 atom stereocenters. The van der Waals surface area contributed by atoms with Crippen molar-refractivity contribution in [3.8, 4) is 5.75 Å². The summed E-state index contributed by atoms with van der Waals surface area (Å²) in [6, 6.07) is 13.0. The SMILES string of the molecule is CNC(=O)[C@H]1Cc2ccccc2CN1S(=O)(=O)c1ccc(OC)cc1. The standard InChI is InChI=1S/C18H20N2O4S/c1-19-18(21)17-11-13-5-3-4-6-14(13)12-20(17)25(22,23)16-9-7-15(24-2)8-10-16/h3-10,17H,11-12H2,1-2H3,(H,19,21)/t17-/m1/s1. The Labute approximate surface area is 147 Å². The van der Waals surface area contributed by atoms with Gasteiger partial charge < -0.3 is 10.1 Å². The van der Waals surface area contributed by atoms with E-state index in [-0.39, 0.29) is 17.3 Å². The third-order valence-electron chi connectivity index (χ3n) is 4.42. The number of carbonyl (C=O) groups is 1. The number of likely N-dealkylation sites (N-methyl/N-ethyl adjacent to an activating group) is 1. The average molecular weight is 360 g/mol. The summed E-state index contributed by atoms with van der Waals surface area (Å²) in [5.41, 5.74) is 1.91. The quantitative estimate of drug-likeness (QED) is 0.898. The number of hydrogen-bond acceptors (Lipinski definition) is 4. The summed E-state index contributed by atoms with van der Waals surface area (Å²) >= 11 is 0. The Hall–Kier alpha value is -2.38. The number of carbonyl (C=O) groups excluding carboxylic acids is 1.